The third kappa shape index (κ3) is 2.06. The monoisotopic (exact) mass is 221 g/mol. The van der Waals surface area contributed by atoms with Gasteiger partial charge >= 0.3 is 0 Å². The first kappa shape index (κ1) is 10.3. The van der Waals surface area contributed by atoms with E-state index >= 15 is 0 Å². The molecule has 0 spiro atoms. The van der Waals surface area contributed by atoms with Crippen molar-refractivity contribution in [1.82, 2.24) is 0 Å². The molecule has 1 atom stereocenters. The number of rotatable bonds is 2. The van der Waals surface area contributed by atoms with Gasteiger partial charge in [-0.1, -0.05) is 29.8 Å². The van der Waals surface area contributed by atoms with Gasteiger partial charge in [0.1, 0.15) is 0 Å². The van der Waals surface area contributed by atoms with Crippen LogP contribution in [0.2, 0.25) is 5.22 Å². The van der Waals surface area contributed by atoms with Crippen LogP contribution in [0.3, 0.4) is 0 Å². The molecule has 0 bridgehead atoms. The number of benzene rings is 1. The highest BCUT2D eigenvalue weighted by molar-refractivity contribution is 6.29. The second kappa shape index (κ2) is 4.09. The number of nitrogens with two attached hydrogens (primary N) is 1. The highest BCUT2D eigenvalue weighted by Crippen LogP contribution is 2.27. The van der Waals surface area contributed by atoms with Crippen molar-refractivity contribution < 1.29 is 4.42 Å². The molecule has 78 valence electrons. The molecule has 2 N–H and O–H groups in total. The SMILES string of the molecule is Cc1ccc(C(N)c2ccoc2Cl)cc1. The summed E-state index contributed by atoms with van der Waals surface area (Å²) in [5.74, 6) is 0. The summed E-state index contributed by atoms with van der Waals surface area (Å²) in [6.45, 7) is 2.04. The Balaban J connectivity index is 2.32. The fourth-order valence-corrected chi connectivity index (χ4v) is 1.71. The van der Waals surface area contributed by atoms with E-state index < -0.39 is 0 Å². The van der Waals surface area contributed by atoms with E-state index in [4.69, 9.17) is 21.8 Å². The Morgan fingerprint density at radius 1 is 1.20 bits per heavy atom. The van der Waals surface area contributed by atoms with Gasteiger partial charge in [0.2, 0.25) is 0 Å². The lowest BCUT2D eigenvalue weighted by Crippen LogP contribution is -2.11. The molecule has 0 saturated heterocycles. The Bertz CT molecular complexity index is 447. The van der Waals surface area contributed by atoms with E-state index in [-0.39, 0.29) is 6.04 Å². The van der Waals surface area contributed by atoms with Crippen LogP contribution in [0.25, 0.3) is 0 Å². The van der Waals surface area contributed by atoms with Gasteiger partial charge in [-0.15, -0.1) is 0 Å². The second-order valence-electron chi connectivity index (χ2n) is 3.54. The summed E-state index contributed by atoms with van der Waals surface area (Å²) in [4.78, 5) is 0. The summed E-state index contributed by atoms with van der Waals surface area (Å²) in [5, 5.41) is 0.364. The summed E-state index contributed by atoms with van der Waals surface area (Å²) in [7, 11) is 0. The van der Waals surface area contributed by atoms with Crippen molar-refractivity contribution >= 4 is 11.6 Å². The van der Waals surface area contributed by atoms with Gasteiger partial charge in [0, 0.05) is 5.56 Å². The lowest BCUT2D eigenvalue weighted by Gasteiger charge is -2.10. The zero-order chi connectivity index (χ0) is 10.8. The first-order valence-electron chi connectivity index (χ1n) is 4.73. The minimum atomic E-state index is -0.225. The Morgan fingerprint density at radius 3 is 2.40 bits per heavy atom. The molecule has 1 aromatic carbocycles. The lowest BCUT2D eigenvalue weighted by atomic mass is 10.0. The fraction of sp³-hybridized carbons (Fsp3) is 0.167. The minimum Gasteiger partial charge on any atom is -0.453 e. The van der Waals surface area contributed by atoms with E-state index in [0.717, 1.165) is 11.1 Å². The summed E-state index contributed by atoms with van der Waals surface area (Å²) in [6.07, 6.45) is 1.55. The van der Waals surface area contributed by atoms with Crippen LogP contribution in [0.15, 0.2) is 41.0 Å². The van der Waals surface area contributed by atoms with Crippen LogP contribution < -0.4 is 5.73 Å². The van der Waals surface area contributed by atoms with Crippen molar-refractivity contribution in [3.63, 3.8) is 0 Å². The molecule has 0 aliphatic heterocycles. The van der Waals surface area contributed by atoms with Gasteiger partial charge in [-0.25, -0.2) is 0 Å². The molecule has 1 aromatic heterocycles. The number of hydrogen-bond acceptors (Lipinski definition) is 2. The van der Waals surface area contributed by atoms with Gasteiger partial charge in [-0.3, -0.25) is 0 Å². The molecule has 0 saturated carbocycles. The smallest absolute Gasteiger partial charge is 0.198 e. The van der Waals surface area contributed by atoms with Crippen LogP contribution in [0.5, 0.6) is 0 Å². The van der Waals surface area contributed by atoms with E-state index in [9.17, 15) is 0 Å². The summed E-state index contributed by atoms with van der Waals surface area (Å²) < 4.78 is 5.02. The molecule has 3 heteroatoms. The predicted octanol–water partition coefficient (Wildman–Crippen LogP) is 3.29. The van der Waals surface area contributed by atoms with Gasteiger partial charge in [-0.2, -0.15) is 0 Å². The van der Waals surface area contributed by atoms with Crippen molar-refractivity contribution in [2.75, 3.05) is 0 Å². The number of hydrogen-bond donors (Lipinski definition) is 1. The molecular formula is C12H12ClNO. The maximum atomic E-state index is 6.07. The highest BCUT2D eigenvalue weighted by Gasteiger charge is 2.14. The Labute approximate surface area is 93.7 Å². The molecule has 2 rings (SSSR count). The van der Waals surface area contributed by atoms with E-state index in [1.807, 2.05) is 31.2 Å². The van der Waals surface area contributed by atoms with Crippen LogP contribution >= 0.6 is 11.6 Å². The normalized spacial score (nSPS) is 12.7. The molecule has 0 radical (unpaired) electrons. The third-order valence-electron chi connectivity index (χ3n) is 2.42. The molecule has 0 aliphatic rings. The molecule has 1 heterocycles. The van der Waals surface area contributed by atoms with Gasteiger partial charge in [0.25, 0.3) is 0 Å². The standard InChI is InChI=1S/C12H12ClNO/c1-8-2-4-9(5-3-8)11(14)10-6-7-15-12(10)13/h2-7,11H,14H2,1H3. The molecular weight excluding hydrogens is 210 g/mol. The zero-order valence-corrected chi connectivity index (χ0v) is 9.16. The quantitative estimate of drug-likeness (QED) is 0.845. The fourth-order valence-electron chi connectivity index (χ4n) is 1.48. The first-order valence-corrected chi connectivity index (χ1v) is 5.11. The van der Waals surface area contributed by atoms with Crippen molar-refractivity contribution in [3.05, 3.63) is 58.5 Å². The molecule has 0 aliphatic carbocycles. The van der Waals surface area contributed by atoms with E-state index in [1.165, 1.54) is 5.56 Å². The summed E-state index contributed by atoms with van der Waals surface area (Å²) >= 11 is 5.87. The second-order valence-corrected chi connectivity index (χ2v) is 3.88. The van der Waals surface area contributed by atoms with Crippen molar-refractivity contribution in [1.29, 1.82) is 0 Å². The molecule has 2 nitrogen and oxygen atoms in total. The summed E-state index contributed by atoms with van der Waals surface area (Å²) in [5.41, 5.74) is 9.13. The molecule has 0 fully saturated rings. The van der Waals surface area contributed by atoms with Crippen molar-refractivity contribution in [2.45, 2.75) is 13.0 Å². The van der Waals surface area contributed by atoms with Gasteiger partial charge in [-0.05, 0) is 30.2 Å². The van der Waals surface area contributed by atoms with Crippen LogP contribution in [0.1, 0.15) is 22.7 Å². The molecule has 15 heavy (non-hydrogen) atoms. The first-order chi connectivity index (χ1) is 7.18. The zero-order valence-electron chi connectivity index (χ0n) is 8.41. The number of furan rings is 1. The maximum Gasteiger partial charge on any atom is 0.198 e. The average molecular weight is 222 g/mol. The molecule has 0 amide bonds. The van der Waals surface area contributed by atoms with Gasteiger partial charge < -0.3 is 10.2 Å². The predicted molar refractivity (Wildman–Crippen MR) is 60.9 cm³/mol. The minimum absolute atomic E-state index is 0.225. The van der Waals surface area contributed by atoms with Crippen LogP contribution in [-0.4, -0.2) is 0 Å². The number of aryl methyl sites for hydroxylation is 1. The highest BCUT2D eigenvalue weighted by atomic mass is 35.5. The summed E-state index contributed by atoms with van der Waals surface area (Å²) in [6, 6.07) is 9.64. The average Bonchev–Trinajstić information content (AvgIpc) is 2.65. The largest absolute Gasteiger partial charge is 0.453 e. The van der Waals surface area contributed by atoms with E-state index in [2.05, 4.69) is 0 Å². The van der Waals surface area contributed by atoms with Crippen molar-refractivity contribution in [3.8, 4) is 0 Å². The lowest BCUT2D eigenvalue weighted by molar-refractivity contribution is 0.564. The number of halogens is 1. The maximum absolute atomic E-state index is 6.07. The van der Waals surface area contributed by atoms with Gasteiger partial charge in [0.15, 0.2) is 5.22 Å². The van der Waals surface area contributed by atoms with Gasteiger partial charge in [0.05, 0.1) is 12.3 Å². The Kier molecular flexibility index (Phi) is 2.80. The Hall–Kier alpha value is -1.25. The van der Waals surface area contributed by atoms with E-state index in [1.54, 1.807) is 12.3 Å². The molecule has 1 unspecified atom stereocenters. The topological polar surface area (TPSA) is 39.2 Å². The third-order valence-corrected chi connectivity index (χ3v) is 2.72. The molecule has 2 aromatic rings. The Morgan fingerprint density at radius 2 is 1.87 bits per heavy atom. The van der Waals surface area contributed by atoms with E-state index in [0.29, 0.717) is 5.22 Å². The van der Waals surface area contributed by atoms with Crippen LogP contribution in [0, 0.1) is 6.92 Å². The van der Waals surface area contributed by atoms with Crippen LogP contribution in [-0.2, 0) is 0 Å². The van der Waals surface area contributed by atoms with Crippen LogP contribution in [0.4, 0.5) is 0 Å². The van der Waals surface area contributed by atoms with Crippen molar-refractivity contribution in [2.24, 2.45) is 5.73 Å².